The molecule has 0 spiro atoms. The van der Waals surface area contributed by atoms with Crippen molar-refractivity contribution in [1.29, 1.82) is 0 Å². The highest BCUT2D eigenvalue weighted by Crippen LogP contribution is 2.44. The van der Waals surface area contributed by atoms with Crippen LogP contribution in [-0.4, -0.2) is 97.2 Å². The third-order valence-electron chi connectivity index (χ3n) is 15.1. The van der Waals surface area contributed by atoms with E-state index in [2.05, 4.69) is 14.2 Å². The third-order valence-corrected chi connectivity index (χ3v) is 22.4. The summed E-state index contributed by atoms with van der Waals surface area (Å²) in [5, 5.41) is 62.1. The van der Waals surface area contributed by atoms with Crippen LogP contribution in [0, 0.1) is 5.82 Å². The van der Waals surface area contributed by atoms with Crippen molar-refractivity contribution in [1.82, 2.24) is 0 Å². The lowest BCUT2D eigenvalue weighted by Gasteiger charge is -2.15. The topological polar surface area (TPSA) is 320 Å². The standard InChI is InChI=1S/C27H25NO6S2.C24H18ClNO5S2.C24H18FNO5S2/c1-17(2)34-20-9-5-7-18(13-20)19-8-6-10-21(14-19)36(32,33)28-24-15-25(35-16-26(29)30)27(31)23-12-4-3-11-22(23)24;2*25-17-10-8-15(9-11-17)16-4-3-5-18(12-16)33(30,31)26-21-13-22(32-14-23(27)28)24(29)20-7-2-1-6-19(20)21/h3-15,17,28,31H,16H2,1-2H3,(H,29,30);2*1-13,26,29H,14H2,(H,27,28). The normalized spacial score (nSPS) is 11.5. The van der Waals surface area contributed by atoms with E-state index >= 15 is 0 Å². The van der Waals surface area contributed by atoms with Crippen molar-refractivity contribution in [2.75, 3.05) is 31.4 Å². The van der Waals surface area contributed by atoms with Crippen LogP contribution in [0.3, 0.4) is 0 Å². The number of thioether (sulfide) groups is 3. The molecule has 12 aromatic carbocycles. The smallest absolute Gasteiger partial charge is 0.313 e. The fraction of sp³-hybridized carbons (Fsp3) is 0.0800. The average molecular weight is 1510 g/mol. The molecular weight excluding hydrogens is 1450 g/mol. The van der Waals surface area contributed by atoms with E-state index in [1.807, 2.05) is 44.2 Å². The van der Waals surface area contributed by atoms with Crippen molar-refractivity contribution in [3.63, 3.8) is 0 Å². The minimum atomic E-state index is -4.04. The molecule has 9 N–H and O–H groups in total. The number of carbonyl (C=O) groups is 3. The van der Waals surface area contributed by atoms with Crippen molar-refractivity contribution < 1.29 is 79.4 Å². The number of sulfonamides is 3. The van der Waals surface area contributed by atoms with Crippen molar-refractivity contribution in [3.05, 3.63) is 247 Å². The van der Waals surface area contributed by atoms with Crippen LogP contribution in [0.1, 0.15) is 13.8 Å². The van der Waals surface area contributed by atoms with Gasteiger partial charge < -0.3 is 35.4 Å². The van der Waals surface area contributed by atoms with Gasteiger partial charge in [0.05, 0.1) is 69.8 Å². The zero-order chi connectivity index (χ0) is 73.0. The van der Waals surface area contributed by atoms with Crippen LogP contribution in [0.5, 0.6) is 23.0 Å². The molecule has 27 heteroatoms. The largest absolute Gasteiger partial charge is 0.506 e. The highest BCUT2D eigenvalue weighted by molar-refractivity contribution is 8.00. The number of rotatable bonds is 23. The maximum Gasteiger partial charge on any atom is 0.313 e. The second kappa shape index (κ2) is 32.5. The number of ether oxygens (including phenoxy) is 1. The van der Waals surface area contributed by atoms with E-state index in [-0.39, 0.29) is 92.9 Å². The molecule has 0 aliphatic carbocycles. The summed E-state index contributed by atoms with van der Waals surface area (Å²) in [4.78, 5) is 33.9. The zero-order valence-electron chi connectivity index (χ0n) is 53.7. The number of anilines is 3. The van der Waals surface area contributed by atoms with E-state index < -0.39 is 48.0 Å². The van der Waals surface area contributed by atoms with E-state index in [4.69, 9.17) is 31.7 Å². The molecule has 0 atom stereocenters. The average Bonchev–Trinajstić information content (AvgIpc) is 0.783. The van der Waals surface area contributed by atoms with E-state index in [1.54, 1.807) is 152 Å². The van der Waals surface area contributed by atoms with Crippen LogP contribution in [0.2, 0.25) is 5.02 Å². The first-order chi connectivity index (χ1) is 48.6. The molecule has 12 aromatic rings. The van der Waals surface area contributed by atoms with Gasteiger partial charge in [0, 0.05) is 37.3 Å². The minimum Gasteiger partial charge on any atom is -0.506 e. The molecule has 102 heavy (non-hydrogen) atoms. The molecule has 522 valence electrons. The Morgan fingerprint density at radius 1 is 0.392 bits per heavy atom. The number of fused-ring (bicyclic) bond motifs is 3. The molecule has 0 aliphatic heterocycles. The summed E-state index contributed by atoms with van der Waals surface area (Å²) >= 11 is 8.66. The molecule has 0 aliphatic rings. The maximum atomic E-state index is 13.4. The van der Waals surface area contributed by atoms with Gasteiger partial charge >= 0.3 is 17.9 Å². The number of hydrogen-bond donors (Lipinski definition) is 9. The molecule has 19 nitrogen and oxygen atoms in total. The van der Waals surface area contributed by atoms with Gasteiger partial charge in [0.1, 0.15) is 28.8 Å². The van der Waals surface area contributed by atoms with Gasteiger partial charge in [0.2, 0.25) is 0 Å². The number of phenols is 3. The lowest BCUT2D eigenvalue weighted by Crippen LogP contribution is -2.13. The summed E-state index contributed by atoms with van der Waals surface area (Å²) in [5.41, 5.74) is 5.02. The van der Waals surface area contributed by atoms with Crippen LogP contribution in [0.25, 0.3) is 65.7 Å². The Bertz CT molecular complexity index is 5300. The van der Waals surface area contributed by atoms with Gasteiger partial charge in [-0.05, 0) is 138 Å². The highest BCUT2D eigenvalue weighted by atomic mass is 35.5. The Labute approximate surface area is 603 Å². The van der Waals surface area contributed by atoms with Crippen molar-refractivity contribution in [2.24, 2.45) is 0 Å². The second-order valence-electron chi connectivity index (χ2n) is 22.6. The minimum absolute atomic E-state index is 0.00113. The van der Waals surface area contributed by atoms with Gasteiger partial charge in [0.15, 0.2) is 0 Å². The van der Waals surface area contributed by atoms with Gasteiger partial charge in [-0.15, -0.1) is 35.3 Å². The number of nitrogens with one attached hydrogen (secondary N) is 3. The fourth-order valence-corrected chi connectivity index (χ4v) is 16.1. The van der Waals surface area contributed by atoms with E-state index in [1.165, 1.54) is 54.6 Å². The molecular formula is C75H61ClFN3O16S6. The van der Waals surface area contributed by atoms with Crippen LogP contribution in [0.15, 0.2) is 266 Å². The van der Waals surface area contributed by atoms with Gasteiger partial charge in [0.25, 0.3) is 30.1 Å². The number of aromatic hydroxyl groups is 3. The number of phenolic OH excluding ortho intramolecular Hbond substituents is 3. The number of carboxylic acid groups (broad SMARTS) is 3. The Balaban J connectivity index is 0.000000165. The van der Waals surface area contributed by atoms with E-state index in [0.717, 1.165) is 46.4 Å². The zero-order valence-corrected chi connectivity index (χ0v) is 59.3. The van der Waals surface area contributed by atoms with Crippen molar-refractivity contribution in [3.8, 4) is 56.4 Å². The first-order valence-corrected chi connectivity index (χ1v) is 38.4. The van der Waals surface area contributed by atoms with Crippen molar-refractivity contribution in [2.45, 2.75) is 49.3 Å². The van der Waals surface area contributed by atoms with Gasteiger partial charge in [-0.2, -0.15) is 0 Å². The van der Waals surface area contributed by atoms with Crippen molar-refractivity contribution >= 4 is 144 Å². The molecule has 0 unspecified atom stereocenters. The van der Waals surface area contributed by atoms with E-state index in [9.17, 15) is 59.3 Å². The van der Waals surface area contributed by atoms with Crippen LogP contribution in [0.4, 0.5) is 21.5 Å². The van der Waals surface area contributed by atoms with Crippen LogP contribution in [-0.2, 0) is 44.5 Å². The molecule has 0 saturated heterocycles. The molecule has 0 fully saturated rings. The Hall–Kier alpha value is -10.5. The predicted octanol–water partition coefficient (Wildman–Crippen LogP) is 17.1. The molecule has 0 radical (unpaired) electrons. The lowest BCUT2D eigenvalue weighted by atomic mass is 10.1. The summed E-state index contributed by atoms with van der Waals surface area (Å²) in [6.07, 6.45) is 0.00912. The molecule has 0 amide bonds. The number of hydrogen-bond acceptors (Lipinski definition) is 16. The third kappa shape index (κ3) is 18.6. The number of benzene rings is 12. The quantitative estimate of drug-likeness (QED) is 0.0212. The summed E-state index contributed by atoms with van der Waals surface area (Å²) in [7, 11) is -12.0. The maximum absolute atomic E-state index is 13.4. The summed E-state index contributed by atoms with van der Waals surface area (Å²) in [5.74, 6) is -4.00. The van der Waals surface area contributed by atoms with Crippen LogP contribution >= 0.6 is 46.9 Å². The Kier molecular flexibility index (Phi) is 23.6. The highest BCUT2D eigenvalue weighted by Gasteiger charge is 2.24. The summed E-state index contributed by atoms with van der Waals surface area (Å²) < 4.78 is 107. The van der Waals surface area contributed by atoms with Gasteiger partial charge in [-0.25, -0.2) is 29.6 Å². The molecule has 0 bridgehead atoms. The van der Waals surface area contributed by atoms with Gasteiger partial charge in [-0.3, -0.25) is 28.5 Å². The van der Waals surface area contributed by atoms with E-state index in [0.29, 0.717) is 65.3 Å². The first-order valence-electron chi connectivity index (χ1n) is 30.6. The molecule has 0 saturated carbocycles. The Morgan fingerprint density at radius 3 is 1.01 bits per heavy atom. The summed E-state index contributed by atoms with van der Waals surface area (Å²) in [6, 6.07) is 64.2. The lowest BCUT2D eigenvalue weighted by molar-refractivity contribution is -0.134. The number of carboxylic acids is 3. The molecule has 12 rings (SSSR count). The van der Waals surface area contributed by atoms with Gasteiger partial charge in [-0.1, -0.05) is 157 Å². The fourth-order valence-electron chi connectivity index (χ4n) is 10.5. The molecule has 0 aromatic heterocycles. The van der Waals surface area contributed by atoms with Crippen LogP contribution < -0.4 is 18.9 Å². The second-order valence-corrected chi connectivity index (χ2v) is 31.1. The Morgan fingerprint density at radius 2 is 0.686 bits per heavy atom. The first kappa shape index (κ1) is 74.2. The predicted molar refractivity (Wildman–Crippen MR) is 401 cm³/mol. The SMILES string of the molecule is CC(C)Oc1cccc(-c2cccc(S(=O)(=O)Nc3cc(SCC(=O)O)c(O)c4ccccc34)c2)c1.O=C(O)CSc1cc(NS(=O)(=O)c2cccc(-c3ccc(Cl)cc3)c2)c2ccccc2c1O.O=C(O)CSc1cc(NS(=O)(=O)c2cccc(-c3ccc(F)cc3)c2)c2ccccc2c1O. The number of aliphatic carboxylic acids is 3. The molecule has 0 heterocycles. The monoisotopic (exact) mass is 1510 g/mol. The number of halogens is 2. The summed E-state index contributed by atoms with van der Waals surface area (Å²) in [6.45, 7) is 3.87.